The molecule has 3 saturated heterocycles. The zero-order valence-corrected chi connectivity index (χ0v) is 15.3. The number of piperidine rings is 3. The third-order valence-electron chi connectivity index (χ3n) is 5.68. The molecule has 0 aliphatic carbocycles. The summed E-state index contributed by atoms with van der Waals surface area (Å²) < 4.78 is 46.2. The van der Waals surface area contributed by atoms with E-state index < -0.39 is 6.36 Å². The van der Waals surface area contributed by atoms with Crippen LogP contribution in [0.25, 0.3) is 11.3 Å². The lowest BCUT2D eigenvalue weighted by molar-refractivity contribution is -0.274. The lowest BCUT2D eigenvalue weighted by Crippen LogP contribution is -2.62. The summed E-state index contributed by atoms with van der Waals surface area (Å²) in [5.41, 5.74) is 0.560. The van der Waals surface area contributed by atoms with Gasteiger partial charge in [0.2, 0.25) is 0 Å². The van der Waals surface area contributed by atoms with Gasteiger partial charge in [0, 0.05) is 17.6 Å². The number of carbonyl (C=O) groups is 1. The first-order chi connectivity index (χ1) is 13.3. The minimum absolute atomic E-state index is 0.0994. The van der Waals surface area contributed by atoms with E-state index in [1.165, 1.54) is 24.3 Å². The van der Waals surface area contributed by atoms with Gasteiger partial charge in [-0.25, -0.2) is 0 Å². The number of alkyl halides is 3. The van der Waals surface area contributed by atoms with E-state index >= 15 is 0 Å². The number of amides is 1. The van der Waals surface area contributed by atoms with Crippen LogP contribution in [0.2, 0.25) is 0 Å². The first-order valence-corrected chi connectivity index (χ1v) is 9.31. The zero-order chi connectivity index (χ0) is 19.9. The van der Waals surface area contributed by atoms with Crippen molar-refractivity contribution < 1.29 is 27.1 Å². The van der Waals surface area contributed by atoms with Gasteiger partial charge in [0.15, 0.2) is 5.76 Å². The summed E-state index contributed by atoms with van der Waals surface area (Å²) in [6.45, 7) is 4.29. The van der Waals surface area contributed by atoms with E-state index in [0.717, 1.165) is 25.9 Å². The molecule has 5 rings (SSSR count). The molecule has 0 spiro atoms. The van der Waals surface area contributed by atoms with Gasteiger partial charge in [0.25, 0.3) is 5.91 Å². The van der Waals surface area contributed by atoms with E-state index in [0.29, 0.717) is 23.3 Å². The van der Waals surface area contributed by atoms with Crippen molar-refractivity contribution in [2.45, 2.75) is 38.2 Å². The molecule has 2 atom stereocenters. The summed E-state index contributed by atoms with van der Waals surface area (Å²) in [7, 11) is 0. The third kappa shape index (κ3) is 3.87. The predicted molar refractivity (Wildman–Crippen MR) is 95.8 cm³/mol. The van der Waals surface area contributed by atoms with Crippen LogP contribution in [-0.2, 0) is 0 Å². The number of carbonyl (C=O) groups excluding carboxylic acids is 1. The monoisotopic (exact) mass is 394 g/mol. The number of fused-ring (bicyclic) bond motifs is 3. The Balaban J connectivity index is 1.43. The Morgan fingerprint density at radius 1 is 1.14 bits per heavy atom. The van der Waals surface area contributed by atoms with Crippen LogP contribution >= 0.6 is 0 Å². The van der Waals surface area contributed by atoms with Crippen molar-refractivity contribution in [2.75, 3.05) is 13.1 Å². The van der Waals surface area contributed by atoms with Crippen molar-refractivity contribution in [1.29, 1.82) is 0 Å². The number of nitrogens with one attached hydrogen (secondary N) is 1. The van der Waals surface area contributed by atoms with Crippen LogP contribution in [0.15, 0.2) is 40.8 Å². The van der Waals surface area contributed by atoms with Crippen molar-refractivity contribution in [3.05, 3.63) is 42.2 Å². The number of nitrogens with zero attached hydrogens (tertiary/aromatic N) is 1. The molecular formula is C20H21F3N2O3. The summed E-state index contributed by atoms with van der Waals surface area (Å²) in [6.07, 6.45) is -2.56. The van der Waals surface area contributed by atoms with Crippen molar-refractivity contribution in [2.24, 2.45) is 5.92 Å². The van der Waals surface area contributed by atoms with Gasteiger partial charge in [-0.2, -0.15) is 0 Å². The van der Waals surface area contributed by atoms with Crippen LogP contribution in [0.3, 0.4) is 0 Å². The lowest BCUT2D eigenvalue weighted by atomic mass is 9.79. The Bertz CT molecular complexity index is 837. The van der Waals surface area contributed by atoms with E-state index in [9.17, 15) is 18.0 Å². The third-order valence-corrected chi connectivity index (χ3v) is 5.68. The van der Waals surface area contributed by atoms with Crippen molar-refractivity contribution in [3.8, 4) is 17.1 Å². The molecule has 150 valence electrons. The predicted octanol–water partition coefficient (Wildman–Crippen LogP) is 4.06. The molecule has 1 aromatic carbocycles. The number of halogens is 3. The van der Waals surface area contributed by atoms with Crippen molar-refractivity contribution in [1.82, 2.24) is 10.2 Å². The highest BCUT2D eigenvalue weighted by atomic mass is 19.4. The van der Waals surface area contributed by atoms with Crippen LogP contribution in [0.1, 0.15) is 30.3 Å². The van der Waals surface area contributed by atoms with Gasteiger partial charge < -0.3 is 14.5 Å². The highest BCUT2D eigenvalue weighted by Crippen LogP contribution is 2.33. The molecule has 0 saturated carbocycles. The van der Waals surface area contributed by atoms with E-state index in [1.807, 2.05) is 0 Å². The Kier molecular flexibility index (Phi) is 4.82. The molecule has 0 radical (unpaired) electrons. The Hall–Kier alpha value is -2.48. The highest BCUT2D eigenvalue weighted by molar-refractivity contribution is 5.92. The highest BCUT2D eigenvalue weighted by Gasteiger charge is 2.40. The average molecular weight is 394 g/mol. The molecule has 5 nitrogen and oxygen atoms in total. The first kappa shape index (κ1) is 18.9. The number of hydrogen-bond donors (Lipinski definition) is 1. The molecule has 1 amide bonds. The molecule has 3 fully saturated rings. The quantitative estimate of drug-likeness (QED) is 0.850. The van der Waals surface area contributed by atoms with Gasteiger partial charge >= 0.3 is 6.36 Å². The number of rotatable bonds is 4. The molecule has 1 aromatic heterocycles. The van der Waals surface area contributed by atoms with E-state index in [-0.39, 0.29) is 23.5 Å². The maximum Gasteiger partial charge on any atom is 0.573 e. The van der Waals surface area contributed by atoms with Crippen LogP contribution in [0.4, 0.5) is 13.2 Å². The lowest BCUT2D eigenvalue weighted by Gasteiger charge is -2.49. The van der Waals surface area contributed by atoms with E-state index in [4.69, 9.17) is 4.42 Å². The van der Waals surface area contributed by atoms with Crippen molar-refractivity contribution >= 4 is 5.91 Å². The molecule has 3 aliphatic heterocycles. The number of furan rings is 1. The second-order valence-corrected chi connectivity index (χ2v) is 7.35. The van der Waals surface area contributed by atoms with Gasteiger partial charge in [0.1, 0.15) is 11.5 Å². The largest absolute Gasteiger partial charge is 0.573 e. The zero-order valence-electron chi connectivity index (χ0n) is 15.3. The second-order valence-electron chi connectivity index (χ2n) is 7.35. The topological polar surface area (TPSA) is 54.7 Å². The summed E-state index contributed by atoms with van der Waals surface area (Å²) in [6, 6.07) is 8.94. The Morgan fingerprint density at radius 2 is 1.82 bits per heavy atom. The fraction of sp³-hybridized carbons (Fsp3) is 0.450. The Labute approximate surface area is 160 Å². The van der Waals surface area contributed by atoms with Gasteiger partial charge in [-0.15, -0.1) is 13.2 Å². The molecule has 3 aliphatic rings. The summed E-state index contributed by atoms with van der Waals surface area (Å²) in [5.74, 6) is 0.505. The minimum atomic E-state index is -4.73. The van der Waals surface area contributed by atoms with E-state index in [2.05, 4.69) is 21.9 Å². The minimum Gasteiger partial charge on any atom is -0.451 e. The summed E-state index contributed by atoms with van der Waals surface area (Å²) in [4.78, 5) is 15.0. The standard InChI is InChI=1S/C20H21F3N2O3/c1-12-18(14-8-10-25(12)11-9-14)24-19(26)17-7-6-16(27-17)13-2-4-15(5-3-13)28-20(21,22)23/h2-7,12,14,18H,8-11H2,1H3,(H,24,26). The molecule has 4 heterocycles. The maximum atomic E-state index is 12.6. The number of benzene rings is 1. The SMILES string of the molecule is CC1C(NC(=O)c2ccc(-c3ccc(OC(F)(F)F)cc3)o2)C2CCN1CC2. The summed E-state index contributed by atoms with van der Waals surface area (Å²) >= 11 is 0. The number of ether oxygens (including phenoxy) is 1. The van der Waals surface area contributed by atoms with Crippen LogP contribution in [-0.4, -0.2) is 42.3 Å². The molecule has 2 aromatic rings. The van der Waals surface area contributed by atoms with E-state index in [1.54, 1.807) is 12.1 Å². The average Bonchev–Trinajstić information content (AvgIpc) is 3.14. The molecule has 2 unspecified atom stereocenters. The maximum absolute atomic E-state index is 12.6. The fourth-order valence-electron chi connectivity index (χ4n) is 4.20. The van der Waals surface area contributed by atoms with Gasteiger partial charge in [0.05, 0.1) is 0 Å². The van der Waals surface area contributed by atoms with Crippen LogP contribution in [0.5, 0.6) is 5.75 Å². The van der Waals surface area contributed by atoms with Gasteiger partial charge in [-0.3, -0.25) is 9.69 Å². The smallest absolute Gasteiger partial charge is 0.451 e. The van der Waals surface area contributed by atoms with Crippen molar-refractivity contribution in [3.63, 3.8) is 0 Å². The molecular weight excluding hydrogens is 373 g/mol. The summed E-state index contributed by atoms with van der Waals surface area (Å²) in [5, 5.41) is 3.10. The fourth-order valence-corrected chi connectivity index (χ4v) is 4.20. The second kappa shape index (κ2) is 7.16. The Morgan fingerprint density at radius 3 is 2.43 bits per heavy atom. The normalized spacial score (nSPS) is 26.9. The molecule has 2 bridgehead atoms. The van der Waals surface area contributed by atoms with Crippen LogP contribution < -0.4 is 10.1 Å². The molecule has 28 heavy (non-hydrogen) atoms. The number of hydrogen-bond acceptors (Lipinski definition) is 4. The first-order valence-electron chi connectivity index (χ1n) is 9.31. The van der Waals surface area contributed by atoms with Gasteiger partial charge in [-0.05, 0) is 75.2 Å². The molecule has 8 heteroatoms. The molecule has 1 N–H and O–H groups in total. The van der Waals surface area contributed by atoms with Gasteiger partial charge in [-0.1, -0.05) is 0 Å². The van der Waals surface area contributed by atoms with Crippen LogP contribution in [0, 0.1) is 5.92 Å².